The number of benzene rings is 1. The van der Waals surface area contributed by atoms with Gasteiger partial charge in [-0.3, -0.25) is 0 Å². The standard InChI is InChI=1S/C9H4F2N2/c1-2-9-12-7-3-5(10)6(11)4-8(7)13-9/h1,3-4H,(H,12,13). The summed E-state index contributed by atoms with van der Waals surface area (Å²) in [5.74, 6) is 0.663. The molecule has 2 aromatic rings. The Morgan fingerprint density at radius 3 is 2.69 bits per heavy atom. The molecule has 4 heteroatoms. The zero-order valence-electron chi connectivity index (χ0n) is 6.44. The van der Waals surface area contributed by atoms with Crippen molar-refractivity contribution in [2.24, 2.45) is 0 Å². The first-order valence-electron chi connectivity index (χ1n) is 3.52. The molecular weight excluding hydrogens is 174 g/mol. The molecule has 0 unspecified atom stereocenters. The maximum atomic E-state index is 12.7. The largest absolute Gasteiger partial charge is 0.331 e. The smallest absolute Gasteiger partial charge is 0.183 e. The van der Waals surface area contributed by atoms with Gasteiger partial charge in [0.25, 0.3) is 0 Å². The van der Waals surface area contributed by atoms with Crippen LogP contribution in [-0.2, 0) is 0 Å². The second kappa shape index (κ2) is 2.56. The lowest BCUT2D eigenvalue weighted by Gasteiger charge is -1.90. The van der Waals surface area contributed by atoms with Crippen LogP contribution in [0.2, 0.25) is 0 Å². The van der Waals surface area contributed by atoms with E-state index in [4.69, 9.17) is 6.42 Å². The SMILES string of the molecule is C#Cc1nc2cc(F)c(F)cc2[nH]1. The van der Waals surface area contributed by atoms with Crippen LogP contribution in [0.1, 0.15) is 5.82 Å². The van der Waals surface area contributed by atoms with E-state index in [0.717, 1.165) is 12.1 Å². The van der Waals surface area contributed by atoms with Crippen LogP contribution in [0.15, 0.2) is 12.1 Å². The molecule has 1 aromatic carbocycles. The van der Waals surface area contributed by atoms with Gasteiger partial charge in [-0.2, -0.15) is 0 Å². The van der Waals surface area contributed by atoms with Crippen molar-refractivity contribution < 1.29 is 8.78 Å². The normalized spacial score (nSPS) is 10.2. The molecule has 0 aliphatic rings. The first-order valence-corrected chi connectivity index (χ1v) is 3.52. The number of aromatic nitrogens is 2. The van der Waals surface area contributed by atoms with Gasteiger partial charge in [0.1, 0.15) is 0 Å². The highest BCUT2D eigenvalue weighted by Gasteiger charge is 2.06. The fourth-order valence-corrected chi connectivity index (χ4v) is 1.07. The summed E-state index contributed by atoms with van der Waals surface area (Å²) in [7, 11) is 0. The van der Waals surface area contributed by atoms with E-state index >= 15 is 0 Å². The van der Waals surface area contributed by atoms with Gasteiger partial charge in [0.05, 0.1) is 11.0 Å². The highest BCUT2D eigenvalue weighted by atomic mass is 19.2. The molecule has 1 heterocycles. The van der Waals surface area contributed by atoms with Crippen LogP contribution in [0.25, 0.3) is 11.0 Å². The molecule has 0 saturated heterocycles. The van der Waals surface area contributed by atoms with Crippen LogP contribution in [-0.4, -0.2) is 9.97 Å². The summed E-state index contributed by atoms with van der Waals surface area (Å²) in [6, 6.07) is 2.03. The van der Waals surface area contributed by atoms with E-state index in [1.165, 1.54) is 0 Å². The van der Waals surface area contributed by atoms with Crippen LogP contribution in [0.4, 0.5) is 8.78 Å². The Kier molecular flexibility index (Phi) is 1.52. The molecule has 0 spiro atoms. The van der Waals surface area contributed by atoms with Crippen molar-refractivity contribution in [1.82, 2.24) is 9.97 Å². The molecule has 64 valence electrons. The molecule has 0 amide bonds. The molecule has 1 N–H and O–H groups in total. The number of terminal acetylenes is 1. The minimum atomic E-state index is -0.928. The predicted molar refractivity (Wildman–Crippen MR) is 43.9 cm³/mol. The Hall–Kier alpha value is -1.89. The summed E-state index contributed by atoms with van der Waals surface area (Å²) in [6.45, 7) is 0. The van der Waals surface area contributed by atoms with Gasteiger partial charge in [-0.05, 0) is 5.92 Å². The van der Waals surface area contributed by atoms with Crippen molar-refractivity contribution in [3.63, 3.8) is 0 Å². The third kappa shape index (κ3) is 1.14. The van der Waals surface area contributed by atoms with E-state index in [1.807, 2.05) is 0 Å². The van der Waals surface area contributed by atoms with Gasteiger partial charge >= 0.3 is 0 Å². The van der Waals surface area contributed by atoms with Gasteiger partial charge in [-0.1, -0.05) is 0 Å². The van der Waals surface area contributed by atoms with Crippen LogP contribution in [0, 0.1) is 24.0 Å². The molecule has 0 saturated carbocycles. The molecule has 0 fully saturated rings. The summed E-state index contributed by atoms with van der Waals surface area (Å²) in [4.78, 5) is 6.49. The van der Waals surface area contributed by atoms with Crippen molar-refractivity contribution in [3.05, 3.63) is 29.6 Å². The van der Waals surface area contributed by atoms with E-state index in [9.17, 15) is 8.78 Å². The molecule has 0 aliphatic carbocycles. The fraction of sp³-hybridized carbons (Fsp3) is 0. The van der Waals surface area contributed by atoms with E-state index < -0.39 is 11.6 Å². The van der Waals surface area contributed by atoms with Crippen LogP contribution in [0.3, 0.4) is 0 Å². The van der Waals surface area contributed by atoms with Crippen LogP contribution >= 0.6 is 0 Å². The zero-order chi connectivity index (χ0) is 9.42. The molecule has 2 rings (SSSR count). The summed E-state index contributed by atoms with van der Waals surface area (Å²) in [5, 5.41) is 0. The Morgan fingerprint density at radius 2 is 2.00 bits per heavy atom. The number of hydrogen-bond donors (Lipinski definition) is 1. The Labute approximate surface area is 72.6 Å². The molecule has 2 nitrogen and oxygen atoms in total. The third-order valence-corrected chi connectivity index (χ3v) is 1.66. The van der Waals surface area contributed by atoms with Crippen molar-refractivity contribution in [2.45, 2.75) is 0 Å². The van der Waals surface area contributed by atoms with Gasteiger partial charge in [-0.15, -0.1) is 6.42 Å². The van der Waals surface area contributed by atoms with Gasteiger partial charge < -0.3 is 4.98 Å². The lowest BCUT2D eigenvalue weighted by Crippen LogP contribution is -1.82. The molecule has 13 heavy (non-hydrogen) atoms. The van der Waals surface area contributed by atoms with Crippen molar-refractivity contribution in [2.75, 3.05) is 0 Å². The van der Waals surface area contributed by atoms with Crippen molar-refractivity contribution >= 4 is 11.0 Å². The maximum Gasteiger partial charge on any atom is 0.183 e. The minimum absolute atomic E-state index is 0.264. The number of halogens is 2. The van der Waals surface area contributed by atoms with Crippen LogP contribution in [0.5, 0.6) is 0 Å². The van der Waals surface area contributed by atoms with Crippen molar-refractivity contribution in [3.8, 4) is 12.3 Å². The average molecular weight is 178 g/mol. The Bertz CT molecular complexity index is 469. The molecule has 0 atom stereocenters. The Balaban J connectivity index is 2.79. The predicted octanol–water partition coefficient (Wildman–Crippen LogP) is 1.82. The monoisotopic (exact) mass is 178 g/mol. The van der Waals surface area contributed by atoms with Crippen molar-refractivity contribution in [1.29, 1.82) is 0 Å². The molecule has 0 aliphatic heterocycles. The van der Waals surface area contributed by atoms with E-state index in [1.54, 1.807) is 0 Å². The molecule has 0 radical (unpaired) electrons. The third-order valence-electron chi connectivity index (χ3n) is 1.66. The minimum Gasteiger partial charge on any atom is -0.331 e. The molecule has 1 aromatic heterocycles. The summed E-state index contributed by atoms with van der Waals surface area (Å²) in [6.07, 6.45) is 5.06. The first kappa shape index (κ1) is 7.74. The number of imidazole rings is 1. The summed E-state index contributed by atoms with van der Waals surface area (Å²) < 4.78 is 25.4. The number of aromatic amines is 1. The molecular formula is C9H4F2N2. The number of H-pyrrole nitrogens is 1. The zero-order valence-corrected chi connectivity index (χ0v) is 6.44. The van der Waals surface area contributed by atoms with Gasteiger partial charge in [-0.25, -0.2) is 13.8 Å². The first-order chi connectivity index (χ1) is 6.20. The highest BCUT2D eigenvalue weighted by Crippen LogP contribution is 2.15. The second-order valence-corrected chi connectivity index (χ2v) is 2.51. The quantitative estimate of drug-likeness (QED) is 0.612. The summed E-state index contributed by atoms with van der Waals surface area (Å²) >= 11 is 0. The van der Waals surface area contributed by atoms with Gasteiger partial charge in [0, 0.05) is 12.1 Å². The number of nitrogens with zero attached hydrogens (tertiary/aromatic N) is 1. The van der Waals surface area contributed by atoms with Gasteiger partial charge in [0.2, 0.25) is 0 Å². The number of rotatable bonds is 0. The average Bonchev–Trinajstić information content (AvgIpc) is 2.48. The summed E-state index contributed by atoms with van der Waals surface area (Å²) in [5.41, 5.74) is 0.721. The Morgan fingerprint density at radius 1 is 1.31 bits per heavy atom. The second-order valence-electron chi connectivity index (χ2n) is 2.51. The van der Waals surface area contributed by atoms with Crippen LogP contribution < -0.4 is 0 Å². The topological polar surface area (TPSA) is 28.7 Å². The maximum absolute atomic E-state index is 12.7. The number of hydrogen-bond acceptors (Lipinski definition) is 1. The van der Waals surface area contributed by atoms with Gasteiger partial charge in [0.15, 0.2) is 17.5 Å². The van der Waals surface area contributed by atoms with E-state index in [0.29, 0.717) is 11.0 Å². The highest BCUT2D eigenvalue weighted by molar-refractivity contribution is 5.75. The van der Waals surface area contributed by atoms with E-state index in [-0.39, 0.29) is 5.82 Å². The lowest BCUT2D eigenvalue weighted by atomic mass is 10.3. The lowest BCUT2D eigenvalue weighted by molar-refractivity contribution is 0.510. The van der Waals surface area contributed by atoms with E-state index in [2.05, 4.69) is 15.9 Å². The number of fused-ring (bicyclic) bond motifs is 1. The fourth-order valence-electron chi connectivity index (χ4n) is 1.07. The molecule has 0 bridgehead atoms. The number of nitrogens with one attached hydrogen (secondary N) is 1.